The predicted molar refractivity (Wildman–Crippen MR) is 96.9 cm³/mol. The molecule has 6 heteroatoms. The number of rotatable bonds is 6. The van der Waals surface area contributed by atoms with Crippen molar-refractivity contribution in [1.82, 2.24) is 5.32 Å². The molecule has 3 rings (SSSR count). The van der Waals surface area contributed by atoms with Crippen LogP contribution in [0.2, 0.25) is 0 Å². The van der Waals surface area contributed by atoms with Gasteiger partial charge in [0.2, 0.25) is 0 Å². The number of methoxy groups -OCH3 is 1. The molecule has 128 valence electrons. The highest BCUT2D eigenvalue weighted by Crippen LogP contribution is 2.25. The van der Waals surface area contributed by atoms with Crippen LogP contribution in [0.4, 0.5) is 0 Å². The van der Waals surface area contributed by atoms with Gasteiger partial charge in [-0.2, -0.15) is 0 Å². The molecule has 0 radical (unpaired) electrons. The monoisotopic (exact) mass is 355 g/mol. The molecule has 1 heterocycles. The molecule has 0 saturated carbocycles. The number of ether oxygens (including phenoxy) is 2. The molecule has 0 aliphatic rings. The lowest BCUT2D eigenvalue weighted by Gasteiger charge is -2.09. The van der Waals surface area contributed by atoms with E-state index in [-0.39, 0.29) is 12.5 Å². The Hall–Kier alpha value is -2.86. The van der Waals surface area contributed by atoms with E-state index in [0.717, 1.165) is 15.6 Å². The molecule has 0 atom stereocenters. The summed E-state index contributed by atoms with van der Waals surface area (Å²) in [5.41, 5.74) is 0.856. The summed E-state index contributed by atoms with van der Waals surface area (Å²) in [6, 6.07) is 16.9. The van der Waals surface area contributed by atoms with Crippen molar-refractivity contribution in [2.45, 2.75) is 6.54 Å². The van der Waals surface area contributed by atoms with Gasteiger partial charge in [0, 0.05) is 16.8 Å². The lowest BCUT2D eigenvalue weighted by molar-refractivity contribution is -0.124. The van der Waals surface area contributed by atoms with E-state index < -0.39 is 5.97 Å². The summed E-state index contributed by atoms with van der Waals surface area (Å²) in [5, 5.41) is 3.70. The predicted octanol–water partition coefficient (Wildman–Crippen LogP) is 3.38. The van der Waals surface area contributed by atoms with Crippen molar-refractivity contribution in [3.63, 3.8) is 0 Å². The Kier molecular flexibility index (Phi) is 5.30. The van der Waals surface area contributed by atoms with Gasteiger partial charge in [0.1, 0.15) is 10.6 Å². The molecule has 25 heavy (non-hydrogen) atoms. The Morgan fingerprint density at radius 2 is 1.84 bits per heavy atom. The fraction of sp³-hybridized carbons (Fsp3) is 0.158. The molecular weight excluding hydrogens is 338 g/mol. The molecule has 2 aromatic carbocycles. The second kappa shape index (κ2) is 7.81. The van der Waals surface area contributed by atoms with E-state index in [2.05, 4.69) is 5.32 Å². The Bertz CT molecular complexity index is 870. The van der Waals surface area contributed by atoms with Crippen molar-refractivity contribution in [3.05, 3.63) is 65.0 Å². The lowest BCUT2D eigenvalue weighted by atomic mass is 10.2. The van der Waals surface area contributed by atoms with Crippen LogP contribution in [0.1, 0.15) is 15.2 Å². The Labute approximate surface area is 149 Å². The third-order valence-electron chi connectivity index (χ3n) is 3.63. The Morgan fingerprint density at radius 1 is 1.08 bits per heavy atom. The van der Waals surface area contributed by atoms with Gasteiger partial charge in [0.25, 0.3) is 5.91 Å². The second-order valence-corrected chi connectivity index (χ2v) is 6.40. The zero-order chi connectivity index (χ0) is 17.6. The first kappa shape index (κ1) is 17.0. The van der Waals surface area contributed by atoms with Crippen LogP contribution in [0.15, 0.2) is 54.6 Å². The number of fused-ring (bicyclic) bond motifs is 1. The maximum atomic E-state index is 12.1. The third kappa shape index (κ3) is 4.16. The molecule has 0 aliphatic heterocycles. The molecule has 0 saturated heterocycles. The van der Waals surface area contributed by atoms with Gasteiger partial charge in [-0.25, -0.2) is 4.79 Å². The standard InChI is InChI=1S/C19H17NO4S/c1-23-15-8-4-2-7-14(15)11-20-18(21)12-24-19(22)17-10-13-6-3-5-9-16(13)25-17/h2-10H,11-12H2,1H3,(H,20,21). The van der Waals surface area contributed by atoms with Gasteiger partial charge in [0.15, 0.2) is 6.61 Å². The molecular formula is C19H17NO4S. The first-order valence-corrected chi connectivity index (χ1v) is 8.53. The van der Waals surface area contributed by atoms with Crippen molar-refractivity contribution < 1.29 is 19.1 Å². The van der Waals surface area contributed by atoms with Crippen LogP contribution in [0.25, 0.3) is 10.1 Å². The average molecular weight is 355 g/mol. The molecule has 1 aromatic heterocycles. The Morgan fingerprint density at radius 3 is 2.64 bits per heavy atom. The van der Waals surface area contributed by atoms with Crippen LogP contribution >= 0.6 is 11.3 Å². The summed E-state index contributed by atoms with van der Waals surface area (Å²) in [5.74, 6) is -0.154. The number of carbonyl (C=O) groups is 2. The topological polar surface area (TPSA) is 64.6 Å². The van der Waals surface area contributed by atoms with E-state index >= 15 is 0 Å². The summed E-state index contributed by atoms with van der Waals surface area (Å²) in [7, 11) is 1.58. The minimum Gasteiger partial charge on any atom is -0.496 e. The number of thiophene rings is 1. The highest BCUT2D eigenvalue weighted by atomic mass is 32.1. The van der Waals surface area contributed by atoms with Gasteiger partial charge in [0.05, 0.1) is 7.11 Å². The average Bonchev–Trinajstić information content (AvgIpc) is 3.09. The summed E-state index contributed by atoms with van der Waals surface area (Å²) >= 11 is 1.35. The van der Waals surface area contributed by atoms with Crippen molar-refractivity contribution in [2.75, 3.05) is 13.7 Å². The van der Waals surface area contributed by atoms with Crippen molar-refractivity contribution in [1.29, 1.82) is 0 Å². The fourth-order valence-corrected chi connectivity index (χ4v) is 3.34. The van der Waals surface area contributed by atoms with Gasteiger partial charge in [-0.1, -0.05) is 36.4 Å². The van der Waals surface area contributed by atoms with Crippen LogP contribution in [0, 0.1) is 0 Å². The number of nitrogens with one attached hydrogen (secondary N) is 1. The zero-order valence-electron chi connectivity index (χ0n) is 13.7. The molecule has 0 bridgehead atoms. The molecule has 0 aliphatic carbocycles. The lowest BCUT2D eigenvalue weighted by Crippen LogP contribution is -2.28. The molecule has 1 amide bonds. The SMILES string of the molecule is COc1ccccc1CNC(=O)COC(=O)c1cc2ccccc2s1. The van der Waals surface area contributed by atoms with Crippen molar-refractivity contribution >= 4 is 33.3 Å². The first-order chi connectivity index (χ1) is 12.2. The Balaban J connectivity index is 1.52. The van der Waals surface area contributed by atoms with Gasteiger partial charge in [-0.05, 0) is 23.6 Å². The van der Waals surface area contributed by atoms with Gasteiger partial charge < -0.3 is 14.8 Å². The number of para-hydroxylation sites is 1. The summed E-state index contributed by atoms with van der Waals surface area (Å²) < 4.78 is 11.3. The van der Waals surface area contributed by atoms with Crippen molar-refractivity contribution in [3.8, 4) is 5.75 Å². The second-order valence-electron chi connectivity index (χ2n) is 5.31. The maximum Gasteiger partial charge on any atom is 0.348 e. The minimum atomic E-state index is -0.492. The zero-order valence-corrected chi connectivity index (χ0v) is 14.5. The van der Waals surface area contributed by atoms with Crippen LogP contribution in [0.3, 0.4) is 0 Å². The highest BCUT2D eigenvalue weighted by molar-refractivity contribution is 7.20. The van der Waals surface area contributed by atoms with E-state index in [1.807, 2.05) is 48.5 Å². The van der Waals surface area contributed by atoms with Crippen LogP contribution in [-0.4, -0.2) is 25.6 Å². The number of carbonyl (C=O) groups excluding carboxylic acids is 2. The van der Waals surface area contributed by atoms with Crippen LogP contribution in [0.5, 0.6) is 5.75 Å². The number of benzene rings is 2. The summed E-state index contributed by atoms with van der Waals surface area (Å²) in [6.07, 6.45) is 0. The number of hydrogen-bond acceptors (Lipinski definition) is 5. The molecule has 1 N–H and O–H groups in total. The van der Waals surface area contributed by atoms with Gasteiger partial charge >= 0.3 is 5.97 Å². The molecule has 3 aromatic rings. The van der Waals surface area contributed by atoms with Crippen molar-refractivity contribution in [2.24, 2.45) is 0 Å². The molecule has 0 unspecified atom stereocenters. The van der Waals surface area contributed by atoms with E-state index in [1.165, 1.54) is 11.3 Å². The quantitative estimate of drug-likeness (QED) is 0.689. The van der Waals surface area contributed by atoms with Crippen LogP contribution in [-0.2, 0) is 16.1 Å². The summed E-state index contributed by atoms with van der Waals surface area (Å²) in [6.45, 7) is -0.00842. The minimum absolute atomic E-state index is 0.309. The third-order valence-corrected chi connectivity index (χ3v) is 4.73. The van der Waals surface area contributed by atoms with E-state index in [4.69, 9.17) is 9.47 Å². The molecule has 5 nitrogen and oxygen atoms in total. The largest absolute Gasteiger partial charge is 0.496 e. The number of esters is 1. The molecule has 0 spiro atoms. The highest BCUT2D eigenvalue weighted by Gasteiger charge is 2.13. The van der Waals surface area contributed by atoms with E-state index in [0.29, 0.717) is 17.2 Å². The maximum absolute atomic E-state index is 12.1. The number of amides is 1. The van der Waals surface area contributed by atoms with Crippen LogP contribution < -0.4 is 10.1 Å². The fourth-order valence-electron chi connectivity index (χ4n) is 2.38. The molecule has 0 fully saturated rings. The van der Waals surface area contributed by atoms with E-state index in [1.54, 1.807) is 13.2 Å². The smallest absolute Gasteiger partial charge is 0.348 e. The first-order valence-electron chi connectivity index (χ1n) is 7.71. The van der Waals surface area contributed by atoms with Gasteiger partial charge in [-0.15, -0.1) is 11.3 Å². The summed E-state index contributed by atoms with van der Waals surface area (Å²) in [4.78, 5) is 24.5. The van der Waals surface area contributed by atoms with Gasteiger partial charge in [-0.3, -0.25) is 4.79 Å². The van der Waals surface area contributed by atoms with E-state index in [9.17, 15) is 9.59 Å². The number of hydrogen-bond donors (Lipinski definition) is 1. The normalized spacial score (nSPS) is 10.4.